The standard InChI is InChI=1S/C14H15FN2O/c15-11-2-1-10-3-8-17-14(13(10)9-11)18-12-4-6-16-7-5-12/h1-3,8-9,12,16H,4-7H2. The molecule has 3 nitrogen and oxygen atoms in total. The third kappa shape index (κ3) is 2.29. The Kier molecular flexibility index (Phi) is 3.11. The summed E-state index contributed by atoms with van der Waals surface area (Å²) >= 11 is 0. The first kappa shape index (κ1) is 11.4. The molecule has 0 unspecified atom stereocenters. The molecule has 1 N–H and O–H groups in total. The van der Waals surface area contributed by atoms with Crippen LogP contribution in [0.3, 0.4) is 0 Å². The average molecular weight is 246 g/mol. The van der Waals surface area contributed by atoms with Gasteiger partial charge < -0.3 is 10.1 Å². The number of rotatable bonds is 2. The molecule has 94 valence electrons. The molecule has 1 aliphatic heterocycles. The van der Waals surface area contributed by atoms with E-state index in [0.717, 1.165) is 36.7 Å². The van der Waals surface area contributed by atoms with Crippen molar-refractivity contribution in [1.29, 1.82) is 0 Å². The minimum absolute atomic E-state index is 0.174. The zero-order chi connectivity index (χ0) is 12.4. The second-order valence-electron chi connectivity index (χ2n) is 4.55. The van der Waals surface area contributed by atoms with Crippen LogP contribution in [0.1, 0.15) is 12.8 Å². The van der Waals surface area contributed by atoms with Gasteiger partial charge in [0.05, 0.1) is 0 Å². The Morgan fingerprint density at radius 1 is 1.22 bits per heavy atom. The van der Waals surface area contributed by atoms with Gasteiger partial charge in [-0.05, 0) is 49.5 Å². The van der Waals surface area contributed by atoms with Crippen LogP contribution in [-0.2, 0) is 0 Å². The van der Waals surface area contributed by atoms with E-state index in [-0.39, 0.29) is 11.9 Å². The first-order valence-corrected chi connectivity index (χ1v) is 6.24. The smallest absolute Gasteiger partial charge is 0.221 e. The minimum atomic E-state index is -0.259. The molecule has 4 heteroatoms. The summed E-state index contributed by atoms with van der Waals surface area (Å²) in [7, 11) is 0. The van der Waals surface area contributed by atoms with Crippen molar-refractivity contribution in [1.82, 2.24) is 10.3 Å². The highest BCUT2D eigenvalue weighted by Gasteiger charge is 2.16. The van der Waals surface area contributed by atoms with Crippen molar-refractivity contribution in [3.8, 4) is 5.88 Å². The number of hydrogen-bond donors (Lipinski definition) is 1. The fraction of sp³-hybridized carbons (Fsp3) is 0.357. The minimum Gasteiger partial charge on any atom is -0.474 e. The molecule has 0 bridgehead atoms. The summed E-state index contributed by atoms with van der Waals surface area (Å²) in [5.74, 6) is 0.282. The number of nitrogens with one attached hydrogen (secondary N) is 1. The number of aromatic nitrogens is 1. The van der Waals surface area contributed by atoms with Gasteiger partial charge >= 0.3 is 0 Å². The van der Waals surface area contributed by atoms with Crippen LogP contribution in [-0.4, -0.2) is 24.2 Å². The zero-order valence-corrected chi connectivity index (χ0v) is 10.0. The van der Waals surface area contributed by atoms with E-state index < -0.39 is 0 Å². The zero-order valence-electron chi connectivity index (χ0n) is 10.0. The Morgan fingerprint density at radius 2 is 2.06 bits per heavy atom. The van der Waals surface area contributed by atoms with Crippen molar-refractivity contribution in [2.45, 2.75) is 18.9 Å². The second kappa shape index (κ2) is 4.90. The Balaban J connectivity index is 1.92. The number of fused-ring (bicyclic) bond motifs is 1. The highest BCUT2D eigenvalue weighted by Crippen LogP contribution is 2.25. The van der Waals surface area contributed by atoms with Crippen LogP contribution < -0.4 is 10.1 Å². The number of pyridine rings is 1. The van der Waals surface area contributed by atoms with Crippen LogP contribution in [0.25, 0.3) is 10.8 Å². The van der Waals surface area contributed by atoms with Gasteiger partial charge in [-0.15, -0.1) is 0 Å². The van der Waals surface area contributed by atoms with E-state index in [9.17, 15) is 4.39 Å². The summed E-state index contributed by atoms with van der Waals surface area (Å²) in [6, 6.07) is 6.56. The molecule has 1 saturated heterocycles. The fourth-order valence-corrected chi connectivity index (χ4v) is 2.28. The fourth-order valence-electron chi connectivity index (χ4n) is 2.28. The summed E-state index contributed by atoms with van der Waals surface area (Å²) < 4.78 is 19.2. The molecule has 2 aromatic rings. The maximum atomic E-state index is 13.3. The van der Waals surface area contributed by atoms with Crippen molar-refractivity contribution in [2.24, 2.45) is 0 Å². The highest BCUT2D eigenvalue weighted by molar-refractivity contribution is 5.86. The Labute approximate surface area is 105 Å². The Morgan fingerprint density at radius 3 is 2.89 bits per heavy atom. The van der Waals surface area contributed by atoms with Gasteiger partial charge in [0.2, 0.25) is 5.88 Å². The van der Waals surface area contributed by atoms with Crippen molar-refractivity contribution in [3.05, 3.63) is 36.3 Å². The summed E-state index contributed by atoms with van der Waals surface area (Å²) in [6.45, 7) is 1.92. The molecule has 1 fully saturated rings. The first-order valence-electron chi connectivity index (χ1n) is 6.24. The van der Waals surface area contributed by atoms with E-state index in [1.807, 2.05) is 6.07 Å². The van der Waals surface area contributed by atoms with E-state index in [1.165, 1.54) is 12.1 Å². The summed E-state index contributed by atoms with van der Waals surface area (Å²) in [5, 5.41) is 4.99. The number of hydrogen-bond acceptors (Lipinski definition) is 3. The van der Waals surface area contributed by atoms with E-state index in [0.29, 0.717) is 5.88 Å². The number of ether oxygens (including phenoxy) is 1. The number of halogens is 1. The predicted molar refractivity (Wildman–Crippen MR) is 68.2 cm³/mol. The van der Waals surface area contributed by atoms with Gasteiger partial charge in [-0.2, -0.15) is 0 Å². The Hall–Kier alpha value is -1.68. The normalized spacial score (nSPS) is 16.9. The van der Waals surface area contributed by atoms with Gasteiger partial charge in [-0.1, -0.05) is 6.07 Å². The number of nitrogens with zero attached hydrogens (tertiary/aromatic N) is 1. The maximum Gasteiger partial charge on any atom is 0.221 e. The van der Waals surface area contributed by atoms with Crippen LogP contribution in [0.5, 0.6) is 5.88 Å². The molecule has 0 atom stereocenters. The van der Waals surface area contributed by atoms with Gasteiger partial charge in [0.25, 0.3) is 0 Å². The van der Waals surface area contributed by atoms with E-state index in [2.05, 4.69) is 10.3 Å². The van der Waals surface area contributed by atoms with E-state index in [4.69, 9.17) is 4.74 Å². The van der Waals surface area contributed by atoms with Crippen molar-refractivity contribution < 1.29 is 9.13 Å². The molecular formula is C14H15FN2O. The lowest BCUT2D eigenvalue weighted by atomic mass is 10.1. The average Bonchev–Trinajstić information content (AvgIpc) is 2.41. The number of piperidine rings is 1. The molecule has 1 aliphatic rings. The highest BCUT2D eigenvalue weighted by atomic mass is 19.1. The quantitative estimate of drug-likeness (QED) is 0.884. The van der Waals surface area contributed by atoms with Gasteiger partial charge in [0.1, 0.15) is 11.9 Å². The van der Waals surface area contributed by atoms with Crippen molar-refractivity contribution in [3.63, 3.8) is 0 Å². The summed E-state index contributed by atoms with van der Waals surface area (Å²) in [5.41, 5.74) is 0. The summed E-state index contributed by atoms with van der Waals surface area (Å²) in [4.78, 5) is 4.23. The van der Waals surface area contributed by atoms with Crippen LogP contribution in [0.2, 0.25) is 0 Å². The molecule has 0 spiro atoms. The lowest BCUT2D eigenvalue weighted by molar-refractivity contribution is 0.158. The SMILES string of the molecule is Fc1ccc2ccnc(OC3CCNCC3)c2c1. The molecule has 1 aromatic carbocycles. The monoisotopic (exact) mass is 246 g/mol. The van der Waals surface area contributed by atoms with E-state index >= 15 is 0 Å². The third-order valence-corrected chi connectivity index (χ3v) is 3.26. The molecule has 3 rings (SSSR count). The largest absolute Gasteiger partial charge is 0.474 e. The lowest BCUT2D eigenvalue weighted by Crippen LogP contribution is -2.34. The van der Waals surface area contributed by atoms with Crippen molar-refractivity contribution in [2.75, 3.05) is 13.1 Å². The molecule has 0 radical (unpaired) electrons. The van der Waals surface area contributed by atoms with Gasteiger partial charge in [0.15, 0.2) is 0 Å². The second-order valence-corrected chi connectivity index (χ2v) is 4.55. The molecule has 2 heterocycles. The molecule has 18 heavy (non-hydrogen) atoms. The van der Waals surface area contributed by atoms with E-state index in [1.54, 1.807) is 12.3 Å². The molecule has 1 aromatic heterocycles. The van der Waals surface area contributed by atoms with Crippen LogP contribution in [0.4, 0.5) is 4.39 Å². The van der Waals surface area contributed by atoms with Gasteiger partial charge in [-0.3, -0.25) is 0 Å². The molecular weight excluding hydrogens is 231 g/mol. The molecule has 0 amide bonds. The summed E-state index contributed by atoms with van der Waals surface area (Å²) in [6.07, 6.45) is 3.81. The van der Waals surface area contributed by atoms with Crippen molar-refractivity contribution >= 4 is 10.8 Å². The predicted octanol–water partition coefficient (Wildman–Crippen LogP) is 2.50. The number of benzene rings is 1. The lowest BCUT2D eigenvalue weighted by Gasteiger charge is -2.23. The third-order valence-electron chi connectivity index (χ3n) is 3.26. The van der Waals surface area contributed by atoms with Crippen LogP contribution >= 0.6 is 0 Å². The van der Waals surface area contributed by atoms with Gasteiger partial charge in [0, 0.05) is 11.6 Å². The molecule has 0 saturated carbocycles. The van der Waals surface area contributed by atoms with Crippen LogP contribution in [0.15, 0.2) is 30.5 Å². The molecule has 0 aliphatic carbocycles. The Bertz CT molecular complexity index is 552. The maximum absolute atomic E-state index is 13.3. The topological polar surface area (TPSA) is 34.1 Å². The van der Waals surface area contributed by atoms with Gasteiger partial charge in [-0.25, -0.2) is 9.37 Å². The first-order chi connectivity index (χ1) is 8.83. The van der Waals surface area contributed by atoms with Crippen LogP contribution in [0, 0.1) is 5.82 Å².